The fraction of sp³-hybridized carbons (Fsp3) is 0.500. The summed E-state index contributed by atoms with van der Waals surface area (Å²) >= 11 is 6.97. The number of halogens is 4. The molecular formula is C10H9ClF3N3O2S2. The molecule has 0 spiro atoms. The van der Waals surface area contributed by atoms with Gasteiger partial charge in [-0.1, -0.05) is 11.6 Å². The number of sulfonamides is 1. The fourth-order valence-electron chi connectivity index (χ4n) is 2.03. The van der Waals surface area contributed by atoms with Crippen LogP contribution in [0.15, 0.2) is 16.6 Å². The normalized spacial score (nSPS) is 17.0. The molecule has 0 radical (unpaired) electrons. The molecule has 1 fully saturated rings. The van der Waals surface area contributed by atoms with Crippen LogP contribution < -0.4 is 0 Å². The lowest BCUT2D eigenvalue weighted by atomic mass is 10.6. The summed E-state index contributed by atoms with van der Waals surface area (Å²) in [6, 6.07) is -0.628. The van der Waals surface area contributed by atoms with E-state index in [1.807, 2.05) is 0 Å². The van der Waals surface area contributed by atoms with Crippen LogP contribution in [0, 0.1) is 0 Å². The molecule has 21 heavy (non-hydrogen) atoms. The van der Waals surface area contributed by atoms with Gasteiger partial charge in [0.1, 0.15) is 6.54 Å². The summed E-state index contributed by atoms with van der Waals surface area (Å²) in [5.41, 5.74) is 0. The molecule has 2 aromatic heterocycles. The average molecular weight is 360 g/mol. The summed E-state index contributed by atoms with van der Waals surface area (Å²) in [5, 5.41) is 0.870. The predicted octanol–water partition coefficient (Wildman–Crippen LogP) is 2.76. The SMILES string of the molecule is O=S(=O)(c1c(Cl)nc2sccn12)N(CC(F)(F)F)C1CC1. The van der Waals surface area contributed by atoms with Gasteiger partial charge in [-0.05, 0) is 12.8 Å². The predicted molar refractivity (Wildman–Crippen MR) is 71.0 cm³/mol. The number of rotatable bonds is 4. The van der Waals surface area contributed by atoms with Gasteiger partial charge in [0.2, 0.25) is 0 Å². The largest absolute Gasteiger partial charge is 0.402 e. The van der Waals surface area contributed by atoms with E-state index in [0.717, 1.165) is 11.3 Å². The van der Waals surface area contributed by atoms with Crippen molar-refractivity contribution in [3.63, 3.8) is 0 Å². The minimum Gasteiger partial charge on any atom is -0.279 e. The highest BCUT2D eigenvalue weighted by molar-refractivity contribution is 7.89. The lowest BCUT2D eigenvalue weighted by Gasteiger charge is -2.22. The van der Waals surface area contributed by atoms with Crippen molar-refractivity contribution in [3.8, 4) is 0 Å². The first-order valence-electron chi connectivity index (χ1n) is 5.90. The van der Waals surface area contributed by atoms with E-state index >= 15 is 0 Å². The van der Waals surface area contributed by atoms with Crippen molar-refractivity contribution < 1.29 is 21.6 Å². The molecule has 11 heteroatoms. The topological polar surface area (TPSA) is 54.7 Å². The van der Waals surface area contributed by atoms with Gasteiger partial charge in [0.25, 0.3) is 10.0 Å². The van der Waals surface area contributed by atoms with Crippen molar-refractivity contribution >= 4 is 37.9 Å². The zero-order valence-electron chi connectivity index (χ0n) is 10.3. The van der Waals surface area contributed by atoms with Crippen molar-refractivity contribution in [1.29, 1.82) is 0 Å². The molecule has 2 heterocycles. The maximum Gasteiger partial charge on any atom is 0.402 e. The van der Waals surface area contributed by atoms with E-state index in [4.69, 9.17) is 11.6 Å². The molecule has 1 saturated carbocycles. The molecule has 0 N–H and O–H groups in total. The molecule has 0 aliphatic heterocycles. The van der Waals surface area contributed by atoms with Gasteiger partial charge >= 0.3 is 6.18 Å². The average Bonchev–Trinajstić information content (AvgIpc) is 2.99. The van der Waals surface area contributed by atoms with Crippen LogP contribution in [0.1, 0.15) is 12.8 Å². The Kier molecular flexibility index (Phi) is 3.47. The molecule has 0 bridgehead atoms. The van der Waals surface area contributed by atoms with Gasteiger partial charge in [0, 0.05) is 17.6 Å². The Labute approximate surface area is 127 Å². The third-order valence-corrected chi connectivity index (χ3v) is 6.08. The maximum absolute atomic E-state index is 12.7. The highest BCUT2D eigenvalue weighted by Gasteiger charge is 2.46. The first-order valence-corrected chi connectivity index (χ1v) is 8.59. The van der Waals surface area contributed by atoms with Gasteiger partial charge in [-0.25, -0.2) is 13.4 Å². The zero-order chi connectivity index (χ0) is 15.4. The minimum absolute atomic E-state index is 0.310. The second-order valence-corrected chi connectivity index (χ2v) is 7.70. The van der Waals surface area contributed by atoms with Crippen LogP contribution in [0.5, 0.6) is 0 Å². The Bertz CT molecular complexity index is 779. The van der Waals surface area contributed by atoms with E-state index in [1.165, 1.54) is 10.6 Å². The molecule has 3 rings (SSSR count). The van der Waals surface area contributed by atoms with Crippen molar-refractivity contribution in [2.24, 2.45) is 0 Å². The van der Waals surface area contributed by atoms with Crippen LogP contribution in [-0.4, -0.2) is 40.9 Å². The Balaban J connectivity index is 2.09. The summed E-state index contributed by atoms with van der Waals surface area (Å²) in [6.07, 6.45) is -2.36. The summed E-state index contributed by atoms with van der Waals surface area (Å²) in [5.74, 6) is 0. The Morgan fingerprint density at radius 1 is 1.48 bits per heavy atom. The van der Waals surface area contributed by atoms with E-state index < -0.39 is 33.8 Å². The first kappa shape index (κ1) is 15.1. The van der Waals surface area contributed by atoms with Crippen LogP contribution in [0.2, 0.25) is 5.15 Å². The number of hydrogen-bond acceptors (Lipinski definition) is 4. The minimum atomic E-state index is -4.61. The number of alkyl halides is 3. The van der Waals surface area contributed by atoms with E-state index in [1.54, 1.807) is 5.38 Å². The van der Waals surface area contributed by atoms with Gasteiger partial charge in [-0.15, -0.1) is 11.3 Å². The number of fused-ring (bicyclic) bond motifs is 1. The molecule has 0 saturated heterocycles. The van der Waals surface area contributed by atoms with Crippen LogP contribution >= 0.6 is 22.9 Å². The molecule has 0 aromatic carbocycles. The van der Waals surface area contributed by atoms with Crippen LogP contribution in [0.25, 0.3) is 4.96 Å². The molecule has 1 aliphatic carbocycles. The number of hydrogen-bond donors (Lipinski definition) is 0. The summed E-state index contributed by atoms with van der Waals surface area (Å²) in [4.78, 5) is 4.18. The van der Waals surface area contributed by atoms with Gasteiger partial charge in [0.15, 0.2) is 15.1 Å². The second kappa shape index (κ2) is 4.83. The maximum atomic E-state index is 12.7. The van der Waals surface area contributed by atoms with Crippen LogP contribution in [0.3, 0.4) is 0 Å². The number of nitrogens with zero attached hydrogens (tertiary/aromatic N) is 3. The molecule has 1 aliphatic rings. The lowest BCUT2D eigenvalue weighted by Crippen LogP contribution is -2.40. The fourth-order valence-corrected chi connectivity index (χ4v) is 5.11. The van der Waals surface area contributed by atoms with Crippen molar-refractivity contribution in [2.75, 3.05) is 6.54 Å². The van der Waals surface area contributed by atoms with E-state index in [9.17, 15) is 21.6 Å². The summed E-state index contributed by atoms with van der Waals surface area (Å²) < 4.78 is 64.8. The first-order chi connectivity index (χ1) is 9.70. The van der Waals surface area contributed by atoms with Gasteiger partial charge in [-0.2, -0.15) is 17.5 Å². The molecule has 0 unspecified atom stereocenters. The summed E-state index contributed by atoms with van der Waals surface area (Å²) in [6.45, 7) is -1.52. The second-order valence-electron chi connectivity index (χ2n) is 4.66. The lowest BCUT2D eigenvalue weighted by molar-refractivity contribution is -0.137. The van der Waals surface area contributed by atoms with E-state index in [2.05, 4.69) is 4.98 Å². The van der Waals surface area contributed by atoms with Crippen LogP contribution in [0.4, 0.5) is 13.2 Å². The monoisotopic (exact) mass is 359 g/mol. The smallest absolute Gasteiger partial charge is 0.279 e. The Morgan fingerprint density at radius 2 is 2.14 bits per heavy atom. The standard InChI is InChI=1S/C10H9ClF3N3O2S2/c11-7-8(16-3-4-20-9(16)15-7)21(18,19)17(6-1-2-6)5-10(12,13)14/h3-4,6H,1-2,5H2. The quantitative estimate of drug-likeness (QED) is 0.843. The van der Waals surface area contributed by atoms with Crippen LogP contribution in [-0.2, 0) is 10.0 Å². The number of thiazole rings is 1. The highest BCUT2D eigenvalue weighted by atomic mass is 35.5. The molecule has 2 aromatic rings. The molecule has 116 valence electrons. The van der Waals surface area contributed by atoms with Crippen molar-refractivity contribution in [1.82, 2.24) is 13.7 Å². The van der Waals surface area contributed by atoms with Gasteiger partial charge in [0.05, 0.1) is 0 Å². The summed E-state index contributed by atoms with van der Waals surface area (Å²) in [7, 11) is -4.37. The third-order valence-electron chi connectivity index (χ3n) is 3.02. The molecule has 5 nitrogen and oxygen atoms in total. The molecule has 0 amide bonds. The van der Waals surface area contributed by atoms with E-state index in [-0.39, 0.29) is 5.15 Å². The molecule has 0 atom stereocenters. The van der Waals surface area contributed by atoms with E-state index in [0.29, 0.717) is 22.1 Å². The Hall–Kier alpha value is -0.840. The van der Waals surface area contributed by atoms with Gasteiger partial charge < -0.3 is 0 Å². The Morgan fingerprint density at radius 3 is 2.71 bits per heavy atom. The van der Waals surface area contributed by atoms with Crippen molar-refractivity contribution in [3.05, 3.63) is 16.7 Å². The zero-order valence-corrected chi connectivity index (χ0v) is 12.7. The number of imidazole rings is 1. The number of aromatic nitrogens is 2. The van der Waals surface area contributed by atoms with Gasteiger partial charge in [-0.3, -0.25) is 4.40 Å². The third kappa shape index (κ3) is 2.77. The highest BCUT2D eigenvalue weighted by Crippen LogP contribution is 2.37. The van der Waals surface area contributed by atoms with Crippen molar-refractivity contribution in [2.45, 2.75) is 30.1 Å². The molecular weight excluding hydrogens is 351 g/mol.